The highest BCUT2D eigenvalue weighted by Gasteiger charge is 2.24. The minimum absolute atomic E-state index is 0.157. The summed E-state index contributed by atoms with van der Waals surface area (Å²) in [5.74, 6) is -1.22. The lowest BCUT2D eigenvalue weighted by Gasteiger charge is -2.16. The number of carboxylic acids is 1. The van der Waals surface area contributed by atoms with Crippen molar-refractivity contribution in [2.45, 2.75) is 25.3 Å². The highest BCUT2D eigenvalue weighted by molar-refractivity contribution is 7.98. The maximum atomic E-state index is 11.7. The fraction of sp³-hybridized carbons (Fsp3) is 0.600. The van der Waals surface area contributed by atoms with Crippen molar-refractivity contribution in [1.82, 2.24) is 10.7 Å². The number of nitrogens with one attached hydrogen (secondary N) is 2. The quantitative estimate of drug-likeness (QED) is 0.609. The number of carboxylic acid groups (broad SMARTS) is 1. The maximum absolute atomic E-state index is 11.7. The molecule has 7 nitrogen and oxygen atoms in total. The fourth-order valence-corrected chi connectivity index (χ4v) is 1.84. The van der Waals surface area contributed by atoms with E-state index in [0.29, 0.717) is 12.2 Å². The van der Waals surface area contributed by atoms with Gasteiger partial charge in [-0.25, -0.2) is 10.2 Å². The lowest BCUT2D eigenvalue weighted by atomic mass is 10.1. The van der Waals surface area contributed by atoms with Gasteiger partial charge in [-0.2, -0.15) is 16.9 Å². The minimum atomic E-state index is -1.07. The van der Waals surface area contributed by atoms with Gasteiger partial charge in [0.2, 0.25) is 5.91 Å². The van der Waals surface area contributed by atoms with Gasteiger partial charge in [-0.15, -0.1) is 0 Å². The fourth-order valence-electron chi connectivity index (χ4n) is 1.37. The molecule has 8 heteroatoms. The van der Waals surface area contributed by atoms with E-state index in [1.54, 1.807) is 0 Å². The molecular weight excluding hydrogens is 258 g/mol. The molecule has 1 aliphatic rings. The molecule has 0 fully saturated rings. The van der Waals surface area contributed by atoms with Crippen LogP contribution in [0.4, 0.5) is 0 Å². The minimum Gasteiger partial charge on any atom is -0.480 e. The van der Waals surface area contributed by atoms with Crippen LogP contribution in [0.3, 0.4) is 0 Å². The lowest BCUT2D eigenvalue weighted by Crippen LogP contribution is -2.45. The molecule has 0 aromatic carbocycles. The van der Waals surface area contributed by atoms with Crippen molar-refractivity contribution in [3.05, 3.63) is 0 Å². The molecule has 0 spiro atoms. The highest BCUT2D eigenvalue weighted by Crippen LogP contribution is 2.03. The Morgan fingerprint density at radius 2 is 2.28 bits per heavy atom. The Morgan fingerprint density at radius 1 is 1.56 bits per heavy atom. The van der Waals surface area contributed by atoms with Crippen LogP contribution in [-0.4, -0.2) is 46.7 Å². The Kier molecular flexibility index (Phi) is 5.63. The molecule has 3 N–H and O–H groups in total. The second-order valence-corrected chi connectivity index (χ2v) is 4.72. The first-order valence-corrected chi connectivity index (χ1v) is 6.82. The molecule has 0 aromatic rings. The molecule has 0 radical (unpaired) electrons. The van der Waals surface area contributed by atoms with Gasteiger partial charge < -0.3 is 10.4 Å². The average molecular weight is 273 g/mol. The van der Waals surface area contributed by atoms with Crippen LogP contribution in [-0.2, 0) is 14.4 Å². The predicted molar refractivity (Wildman–Crippen MR) is 67.4 cm³/mol. The van der Waals surface area contributed by atoms with Crippen LogP contribution < -0.4 is 10.7 Å². The van der Waals surface area contributed by atoms with Gasteiger partial charge in [0.05, 0.1) is 0 Å². The van der Waals surface area contributed by atoms with E-state index in [0.717, 1.165) is 0 Å². The van der Waals surface area contributed by atoms with Crippen molar-refractivity contribution in [3.8, 4) is 0 Å². The number of hydrazone groups is 1. The summed E-state index contributed by atoms with van der Waals surface area (Å²) in [7, 11) is 0. The van der Waals surface area contributed by atoms with Crippen LogP contribution in [0.25, 0.3) is 0 Å². The number of aliphatic carboxylic acids is 1. The van der Waals surface area contributed by atoms with Crippen LogP contribution in [0.15, 0.2) is 5.10 Å². The van der Waals surface area contributed by atoms with Crippen LogP contribution in [0.1, 0.15) is 19.3 Å². The molecular formula is C10H15N3O4S. The predicted octanol–water partition coefficient (Wildman–Crippen LogP) is -0.425. The Hall–Kier alpha value is -1.57. The molecule has 0 aliphatic carbocycles. The third-order valence-corrected chi connectivity index (χ3v) is 3.02. The van der Waals surface area contributed by atoms with Crippen molar-refractivity contribution in [2.75, 3.05) is 12.0 Å². The number of hydrogen-bond donors (Lipinski definition) is 3. The summed E-state index contributed by atoms with van der Waals surface area (Å²) in [6.07, 6.45) is 2.63. The Morgan fingerprint density at radius 3 is 2.78 bits per heavy atom. The van der Waals surface area contributed by atoms with Gasteiger partial charge in [0.15, 0.2) is 0 Å². The smallest absolute Gasteiger partial charge is 0.326 e. The summed E-state index contributed by atoms with van der Waals surface area (Å²) in [6.45, 7) is 0. The van der Waals surface area contributed by atoms with Gasteiger partial charge in [0, 0.05) is 12.8 Å². The first kappa shape index (κ1) is 14.5. The highest BCUT2D eigenvalue weighted by atomic mass is 32.2. The van der Waals surface area contributed by atoms with Gasteiger partial charge in [-0.05, 0) is 18.4 Å². The Balaban J connectivity index is 2.55. The van der Waals surface area contributed by atoms with Gasteiger partial charge >= 0.3 is 5.97 Å². The van der Waals surface area contributed by atoms with E-state index in [1.807, 2.05) is 6.26 Å². The van der Waals surface area contributed by atoms with E-state index in [2.05, 4.69) is 15.8 Å². The molecule has 1 aliphatic heterocycles. The van der Waals surface area contributed by atoms with Crippen LogP contribution in [0.5, 0.6) is 0 Å². The molecule has 0 bridgehead atoms. The summed E-state index contributed by atoms with van der Waals surface area (Å²) in [5.41, 5.74) is 2.35. The van der Waals surface area contributed by atoms with E-state index < -0.39 is 17.9 Å². The van der Waals surface area contributed by atoms with Gasteiger partial charge in [0.25, 0.3) is 5.91 Å². The molecule has 18 heavy (non-hydrogen) atoms. The molecule has 1 rings (SSSR count). The van der Waals surface area contributed by atoms with Gasteiger partial charge in [-0.3, -0.25) is 9.59 Å². The van der Waals surface area contributed by atoms with Crippen LogP contribution in [0, 0.1) is 0 Å². The number of carbonyl (C=O) groups is 3. The zero-order chi connectivity index (χ0) is 13.5. The Labute approximate surface area is 108 Å². The van der Waals surface area contributed by atoms with Gasteiger partial charge in [0.1, 0.15) is 11.8 Å². The number of thioether (sulfide) groups is 1. The molecule has 2 amide bonds. The molecule has 0 saturated heterocycles. The van der Waals surface area contributed by atoms with Crippen molar-refractivity contribution in [3.63, 3.8) is 0 Å². The van der Waals surface area contributed by atoms with Crippen molar-refractivity contribution in [2.24, 2.45) is 5.10 Å². The first-order chi connectivity index (χ1) is 8.54. The summed E-state index contributed by atoms with van der Waals surface area (Å²) < 4.78 is 0. The second-order valence-electron chi connectivity index (χ2n) is 3.74. The lowest BCUT2D eigenvalue weighted by molar-refractivity contribution is -0.141. The summed E-state index contributed by atoms with van der Waals surface area (Å²) in [6, 6.07) is -0.926. The number of carbonyl (C=O) groups excluding carboxylic acids is 2. The van der Waals surface area contributed by atoms with E-state index in [1.165, 1.54) is 11.8 Å². The summed E-state index contributed by atoms with van der Waals surface area (Å²) in [4.78, 5) is 33.5. The van der Waals surface area contributed by atoms with E-state index >= 15 is 0 Å². The van der Waals surface area contributed by atoms with Crippen molar-refractivity contribution in [1.29, 1.82) is 0 Å². The largest absolute Gasteiger partial charge is 0.480 e. The molecule has 1 unspecified atom stereocenters. The normalized spacial score (nSPS) is 16.5. The topological polar surface area (TPSA) is 108 Å². The number of amides is 2. The molecule has 0 saturated carbocycles. The molecule has 1 heterocycles. The SMILES string of the molecule is CSCCC(NC(=O)C1=NNC(=O)CC1)C(=O)O. The van der Waals surface area contributed by atoms with Crippen LogP contribution in [0.2, 0.25) is 0 Å². The van der Waals surface area contributed by atoms with Gasteiger partial charge in [-0.1, -0.05) is 0 Å². The standard InChI is InChI=1S/C10H15N3O4S/c1-18-5-4-7(10(16)17)11-9(15)6-2-3-8(14)13-12-6/h7H,2-5H2,1H3,(H,11,15)(H,13,14)(H,16,17). The molecule has 0 aromatic heterocycles. The zero-order valence-corrected chi connectivity index (χ0v) is 10.7. The first-order valence-electron chi connectivity index (χ1n) is 5.42. The average Bonchev–Trinajstić information content (AvgIpc) is 2.34. The Bertz CT molecular complexity index is 383. The third kappa shape index (κ3) is 4.36. The van der Waals surface area contributed by atoms with Crippen molar-refractivity contribution >= 4 is 35.3 Å². The number of hydrogen-bond acceptors (Lipinski definition) is 5. The zero-order valence-electron chi connectivity index (χ0n) is 9.93. The van der Waals surface area contributed by atoms with E-state index in [-0.39, 0.29) is 24.5 Å². The molecule has 1 atom stereocenters. The van der Waals surface area contributed by atoms with E-state index in [4.69, 9.17) is 5.11 Å². The summed E-state index contributed by atoms with van der Waals surface area (Å²) >= 11 is 1.51. The van der Waals surface area contributed by atoms with Crippen LogP contribution >= 0.6 is 11.8 Å². The number of rotatable bonds is 6. The van der Waals surface area contributed by atoms with E-state index in [9.17, 15) is 14.4 Å². The maximum Gasteiger partial charge on any atom is 0.326 e. The monoisotopic (exact) mass is 273 g/mol. The summed E-state index contributed by atoms with van der Waals surface area (Å²) in [5, 5.41) is 15.0. The van der Waals surface area contributed by atoms with Crippen molar-refractivity contribution < 1.29 is 19.5 Å². The second kappa shape index (κ2) is 7.00. The third-order valence-electron chi connectivity index (χ3n) is 2.38. The number of nitrogens with zero attached hydrogens (tertiary/aromatic N) is 1. The molecule has 100 valence electrons.